The van der Waals surface area contributed by atoms with Crippen LogP contribution in [0.15, 0.2) is 35.0 Å². The Morgan fingerprint density at radius 3 is 2.87 bits per heavy atom. The molecule has 3 nitrogen and oxygen atoms in total. The molecule has 2 heterocycles. The highest BCUT2D eigenvalue weighted by molar-refractivity contribution is 14.1. The van der Waals surface area contributed by atoms with Gasteiger partial charge in [-0.05, 0) is 70.0 Å². The number of carbonyl (C=O) groups is 1. The van der Waals surface area contributed by atoms with Crippen LogP contribution in [0.25, 0.3) is 0 Å². The molecule has 0 atom stereocenters. The zero-order valence-corrected chi connectivity index (χ0v) is 16.3. The zero-order valence-electron chi connectivity index (χ0n) is 13.3. The Bertz CT molecular complexity index is 672. The second-order valence-electron chi connectivity index (χ2n) is 5.99. The molecule has 1 saturated heterocycles. The first-order valence-corrected chi connectivity index (χ1v) is 9.95. The highest BCUT2D eigenvalue weighted by atomic mass is 127. The van der Waals surface area contributed by atoms with Gasteiger partial charge >= 0.3 is 0 Å². The van der Waals surface area contributed by atoms with Crippen molar-refractivity contribution in [1.29, 1.82) is 0 Å². The number of amides is 1. The summed E-state index contributed by atoms with van der Waals surface area (Å²) in [4.78, 5) is 17.3. The van der Waals surface area contributed by atoms with E-state index in [9.17, 15) is 4.79 Å². The number of hydrogen-bond donors (Lipinski definition) is 0. The highest BCUT2D eigenvalue weighted by Crippen LogP contribution is 2.20. The minimum absolute atomic E-state index is 0.176. The smallest absolute Gasteiger partial charge is 0.254 e. The van der Waals surface area contributed by atoms with E-state index in [-0.39, 0.29) is 5.91 Å². The van der Waals surface area contributed by atoms with Gasteiger partial charge in [0.25, 0.3) is 5.91 Å². The van der Waals surface area contributed by atoms with Gasteiger partial charge in [-0.25, -0.2) is 0 Å². The lowest BCUT2D eigenvalue weighted by molar-refractivity contribution is 0.0760. The molecule has 0 radical (unpaired) electrons. The third kappa shape index (κ3) is 4.14. The fourth-order valence-electron chi connectivity index (χ4n) is 2.96. The van der Waals surface area contributed by atoms with Gasteiger partial charge in [0.1, 0.15) is 0 Å². The molecule has 0 bridgehead atoms. The van der Waals surface area contributed by atoms with Crippen LogP contribution in [0.4, 0.5) is 0 Å². The molecule has 1 aliphatic rings. The normalized spacial score (nSPS) is 16.3. The number of nitrogens with zero attached hydrogens (tertiary/aromatic N) is 2. The van der Waals surface area contributed by atoms with Gasteiger partial charge in [0.05, 0.1) is 5.56 Å². The fraction of sp³-hybridized carbons (Fsp3) is 0.389. The molecule has 0 aliphatic carbocycles. The van der Waals surface area contributed by atoms with Gasteiger partial charge in [-0.15, -0.1) is 0 Å². The maximum absolute atomic E-state index is 12.9. The first-order chi connectivity index (χ1) is 11.1. The minimum Gasteiger partial charge on any atom is -0.337 e. The summed E-state index contributed by atoms with van der Waals surface area (Å²) in [6, 6.07) is 8.17. The van der Waals surface area contributed by atoms with E-state index >= 15 is 0 Å². The quantitative estimate of drug-likeness (QED) is 0.674. The van der Waals surface area contributed by atoms with Crippen molar-refractivity contribution in [3.8, 4) is 0 Å². The van der Waals surface area contributed by atoms with Gasteiger partial charge in [0.15, 0.2) is 0 Å². The van der Waals surface area contributed by atoms with E-state index in [1.165, 1.54) is 11.1 Å². The second kappa shape index (κ2) is 7.77. The lowest BCUT2D eigenvalue weighted by Gasteiger charge is -2.22. The third-order valence-corrected chi connectivity index (χ3v) is 6.45. The molecule has 1 fully saturated rings. The number of hydrogen-bond acceptors (Lipinski definition) is 3. The fourth-order valence-corrected chi connectivity index (χ4v) is 4.21. The van der Waals surface area contributed by atoms with Crippen LogP contribution in [0.1, 0.15) is 27.9 Å². The van der Waals surface area contributed by atoms with Crippen molar-refractivity contribution in [2.45, 2.75) is 19.9 Å². The Labute approximate surface area is 155 Å². The first kappa shape index (κ1) is 16.9. The van der Waals surface area contributed by atoms with E-state index in [4.69, 9.17) is 0 Å². The number of rotatable bonds is 3. The standard InChI is InChI=1S/C18H21IN2OS/c1-14-4-2-5-16(17(14)19)18(22)21-8-3-7-20(9-10-21)12-15-6-11-23-13-15/h2,4-6,11,13H,3,7-10,12H2,1H3. The Kier molecular flexibility index (Phi) is 5.71. The topological polar surface area (TPSA) is 23.6 Å². The molecule has 2 aromatic rings. The average Bonchev–Trinajstić information content (AvgIpc) is 2.94. The minimum atomic E-state index is 0.176. The van der Waals surface area contributed by atoms with Crippen LogP contribution in [0.3, 0.4) is 0 Å². The van der Waals surface area contributed by atoms with Crippen LogP contribution in [0, 0.1) is 10.5 Å². The van der Waals surface area contributed by atoms with Gasteiger partial charge < -0.3 is 4.90 Å². The lowest BCUT2D eigenvalue weighted by atomic mass is 10.1. The highest BCUT2D eigenvalue weighted by Gasteiger charge is 2.22. The molecule has 1 aromatic carbocycles. The first-order valence-electron chi connectivity index (χ1n) is 7.93. The monoisotopic (exact) mass is 440 g/mol. The summed E-state index contributed by atoms with van der Waals surface area (Å²) in [6.45, 7) is 6.72. The predicted octanol–water partition coefficient (Wildman–Crippen LogP) is 4.01. The Balaban J connectivity index is 1.65. The molecule has 1 amide bonds. The number of benzene rings is 1. The summed E-state index contributed by atoms with van der Waals surface area (Å²) >= 11 is 4.03. The van der Waals surface area contributed by atoms with Crippen LogP contribution >= 0.6 is 33.9 Å². The number of carbonyl (C=O) groups excluding carboxylic acids is 1. The van der Waals surface area contributed by atoms with E-state index in [0.717, 1.165) is 48.3 Å². The van der Waals surface area contributed by atoms with Crippen LogP contribution in [0.2, 0.25) is 0 Å². The van der Waals surface area contributed by atoms with Crippen molar-refractivity contribution >= 4 is 39.8 Å². The molecule has 5 heteroatoms. The van der Waals surface area contributed by atoms with Crippen molar-refractivity contribution in [2.75, 3.05) is 26.2 Å². The summed E-state index contributed by atoms with van der Waals surface area (Å²) in [7, 11) is 0. The van der Waals surface area contributed by atoms with Gasteiger partial charge in [-0.3, -0.25) is 9.69 Å². The number of thiophene rings is 1. The maximum Gasteiger partial charge on any atom is 0.254 e. The third-order valence-electron chi connectivity index (χ3n) is 4.28. The van der Waals surface area contributed by atoms with Crippen molar-refractivity contribution in [3.63, 3.8) is 0 Å². The molecular formula is C18H21IN2OS. The SMILES string of the molecule is Cc1cccc(C(=O)N2CCCN(Cc3ccsc3)CC2)c1I. The van der Waals surface area contributed by atoms with Crippen molar-refractivity contribution < 1.29 is 4.79 Å². The molecule has 0 N–H and O–H groups in total. The summed E-state index contributed by atoms with van der Waals surface area (Å²) in [5.41, 5.74) is 3.39. The van der Waals surface area contributed by atoms with E-state index in [2.05, 4.69) is 57.3 Å². The van der Waals surface area contributed by atoms with Crippen molar-refractivity contribution in [3.05, 3.63) is 55.3 Å². The Morgan fingerprint density at radius 1 is 1.22 bits per heavy atom. The Morgan fingerprint density at radius 2 is 2.09 bits per heavy atom. The molecule has 0 spiro atoms. The van der Waals surface area contributed by atoms with E-state index < -0.39 is 0 Å². The van der Waals surface area contributed by atoms with Crippen LogP contribution in [-0.2, 0) is 6.54 Å². The van der Waals surface area contributed by atoms with Crippen LogP contribution in [-0.4, -0.2) is 41.9 Å². The van der Waals surface area contributed by atoms with Crippen LogP contribution < -0.4 is 0 Å². The maximum atomic E-state index is 12.9. The van der Waals surface area contributed by atoms with E-state index in [0.29, 0.717) is 0 Å². The van der Waals surface area contributed by atoms with Gasteiger partial charge in [0, 0.05) is 36.3 Å². The van der Waals surface area contributed by atoms with Gasteiger partial charge in [-0.1, -0.05) is 12.1 Å². The molecule has 0 saturated carbocycles. The zero-order chi connectivity index (χ0) is 16.2. The molecule has 0 unspecified atom stereocenters. The number of halogens is 1. The molecule has 122 valence electrons. The lowest BCUT2D eigenvalue weighted by Crippen LogP contribution is -2.35. The van der Waals surface area contributed by atoms with Gasteiger partial charge in [-0.2, -0.15) is 11.3 Å². The van der Waals surface area contributed by atoms with Crippen LogP contribution in [0.5, 0.6) is 0 Å². The number of aryl methyl sites for hydroxylation is 1. The molecular weight excluding hydrogens is 419 g/mol. The summed E-state index contributed by atoms with van der Waals surface area (Å²) in [6.07, 6.45) is 1.04. The summed E-state index contributed by atoms with van der Waals surface area (Å²) in [5.74, 6) is 0.176. The molecule has 1 aromatic heterocycles. The second-order valence-corrected chi connectivity index (χ2v) is 7.85. The van der Waals surface area contributed by atoms with E-state index in [1.807, 2.05) is 17.0 Å². The molecule has 23 heavy (non-hydrogen) atoms. The van der Waals surface area contributed by atoms with E-state index in [1.54, 1.807) is 11.3 Å². The average molecular weight is 440 g/mol. The Hall–Kier alpha value is -0.920. The van der Waals surface area contributed by atoms with Gasteiger partial charge in [0.2, 0.25) is 0 Å². The molecule has 3 rings (SSSR count). The predicted molar refractivity (Wildman–Crippen MR) is 104 cm³/mol. The largest absolute Gasteiger partial charge is 0.337 e. The summed E-state index contributed by atoms with van der Waals surface area (Å²) in [5, 5.41) is 4.34. The van der Waals surface area contributed by atoms with Crippen molar-refractivity contribution in [1.82, 2.24) is 9.80 Å². The van der Waals surface area contributed by atoms with Crippen molar-refractivity contribution in [2.24, 2.45) is 0 Å². The summed E-state index contributed by atoms with van der Waals surface area (Å²) < 4.78 is 1.08. The molecule has 1 aliphatic heterocycles.